The Labute approximate surface area is 241 Å². The molecule has 0 radical (unpaired) electrons. The van der Waals surface area contributed by atoms with Crippen molar-refractivity contribution in [3.63, 3.8) is 0 Å². The summed E-state index contributed by atoms with van der Waals surface area (Å²) in [6, 6.07) is 2.24. The van der Waals surface area contributed by atoms with E-state index in [1.807, 2.05) is 13.8 Å². The smallest absolute Gasteiger partial charge is 0.302 e. The quantitative estimate of drug-likeness (QED) is 0.127. The Morgan fingerprint density at radius 1 is 0.925 bits per heavy atom. The number of carbonyl (C=O) groups is 2. The molecule has 13 heteroatoms. The maximum atomic E-state index is 11.8. The number of amides is 1. The molecule has 1 aliphatic heterocycles. The summed E-state index contributed by atoms with van der Waals surface area (Å²) in [5, 5.41) is 11.7. The number of ether oxygens (including phenoxy) is 5. The summed E-state index contributed by atoms with van der Waals surface area (Å²) in [4.78, 5) is 23.0. The summed E-state index contributed by atoms with van der Waals surface area (Å²) in [5.74, 6) is -0.442. The lowest BCUT2D eigenvalue weighted by Crippen LogP contribution is -2.58. The van der Waals surface area contributed by atoms with Crippen molar-refractivity contribution in [1.29, 1.82) is 5.26 Å². The summed E-state index contributed by atoms with van der Waals surface area (Å²) in [6.45, 7) is 17.8. The summed E-state index contributed by atoms with van der Waals surface area (Å²) in [6.07, 6.45) is -0.706. The van der Waals surface area contributed by atoms with E-state index in [2.05, 4.69) is 43.8 Å². The van der Waals surface area contributed by atoms with E-state index in [1.54, 1.807) is 0 Å². The van der Waals surface area contributed by atoms with E-state index in [-0.39, 0.29) is 61.2 Å². The molecule has 1 fully saturated rings. The lowest BCUT2D eigenvalue weighted by molar-refractivity contribution is -0.247. The second kappa shape index (κ2) is 20.5. The van der Waals surface area contributed by atoms with Crippen LogP contribution in [0.5, 0.6) is 0 Å². The predicted octanol–water partition coefficient (Wildman–Crippen LogP) is 3.39. The monoisotopic (exact) mass is 591 g/mol. The Balaban J connectivity index is 2.37. The Morgan fingerprint density at radius 3 is 2.05 bits per heavy atom. The van der Waals surface area contributed by atoms with E-state index in [0.717, 1.165) is 0 Å². The molecule has 6 atom stereocenters. The van der Waals surface area contributed by atoms with E-state index >= 15 is 0 Å². The Bertz CT molecular complexity index is 758. The second-order valence-corrected chi connectivity index (χ2v) is 11.7. The fourth-order valence-electron chi connectivity index (χ4n) is 4.29. The molecule has 40 heavy (non-hydrogen) atoms. The Morgan fingerprint density at radius 2 is 1.50 bits per heavy atom. The molecule has 1 aliphatic rings. The summed E-state index contributed by atoms with van der Waals surface area (Å²) in [5.41, 5.74) is 0. The molecule has 0 spiro atoms. The number of rotatable bonds is 20. The Hall–Kier alpha value is -1.42. The first-order chi connectivity index (χ1) is 19.0. The van der Waals surface area contributed by atoms with Crippen LogP contribution in [0.4, 0.5) is 0 Å². The average molecular weight is 592 g/mol. The average Bonchev–Trinajstić information content (AvgIpc) is 2.87. The number of hydrogen-bond donors (Lipinski definition) is 1. The van der Waals surface area contributed by atoms with Crippen LogP contribution in [0.1, 0.15) is 61.8 Å². The number of hydrogen-bond acceptors (Lipinski definition) is 11. The zero-order valence-electron chi connectivity index (χ0n) is 25.4. The molecule has 232 valence electrons. The van der Waals surface area contributed by atoms with E-state index < -0.39 is 14.8 Å². The summed E-state index contributed by atoms with van der Waals surface area (Å²) >= 11 is 0. The van der Waals surface area contributed by atoms with Gasteiger partial charge < -0.3 is 38.0 Å². The van der Waals surface area contributed by atoms with Crippen molar-refractivity contribution in [2.45, 2.75) is 92.3 Å². The molecule has 0 aromatic heterocycles. The van der Waals surface area contributed by atoms with Gasteiger partial charge in [0.05, 0.1) is 70.9 Å². The van der Waals surface area contributed by atoms with Gasteiger partial charge in [-0.05, 0) is 39.5 Å². The molecule has 0 saturated carbocycles. The third-order valence-electron chi connectivity index (χ3n) is 6.38. The van der Waals surface area contributed by atoms with Crippen molar-refractivity contribution in [1.82, 2.24) is 9.99 Å². The summed E-state index contributed by atoms with van der Waals surface area (Å²) in [7, 11) is -1.29. The standard InChI is InChI=1S/C27H50N3O9P/c1-19(2)30(20(3)4)40(37-11-9-10-28)38-17-15-34-13-12-33-14-16-35-27-26(29-23(7)31)22(6)21(5)25(39-27)18-36-24(8)32/h19-22,25-27H,9,11-18H2,1-8H3,(H,29,31)/t21-,22+,25?,26?,27-,40?/m1/s1. The first kappa shape index (κ1) is 36.6. The van der Waals surface area contributed by atoms with E-state index in [0.29, 0.717) is 46.1 Å². The van der Waals surface area contributed by atoms with Crippen molar-refractivity contribution in [3.8, 4) is 6.07 Å². The highest BCUT2D eigenvalue weighted by molar-refractivity contribution is 7.44. The van der Waals surface area contributed by atoms with Crippen LogP contribution in [-0.4, -0.2) is 99.9 Å². The van der Waals surface area contributed by atoms with Gasteiger partial charge in [-0.1, -0.05) is 13.8 Å². The molecule has 1 rings (SSSR count). The second-order valence-electron chi connectivity index (χ2n) is 10.3. The highest BCUT2D eigenvalue weighted by Crippen LogP contribution is 2.45. The molecule has 1 amide bonds. The van der Waals surface area contributed by atoms with Crippen LogP contribution in [0, 0.1) is 23.2 Å². The fourth-order valence-corrected chi connectivity index (χ4v) is 5.87. The van der Waals surface area contributed by atoms with Crippen LogP contribution in [0.2, 0.25) is 0 Å². The molecule has 1 heterocycles. The molecule has 1 saturated heterocycles. The van der Waals surface area contributed by atoms with E-state index in [4.69, 9.17) is 38.0 Å². The maximum Gasteiger partial charge on any atom is 0.302 e. The van der Waals surface area contributed by atoms with Gasteiger partial charge in [-0.15, -0.1) is 0 Å². The number of nitrogens with zero attached hydrogens (tertiary/aromatic N) is 2. The van der Waals surface area contributed by atoms with Crippen molar-refractivity contribution in [2.24, 2.45) is 11.8 Å². The fraction of sp³-hybridized carbons (Fsp3) is 0.889. The summed E-state index contributed by atoms with van der Waals surface area (Å²) < 4.78 is 42.4. The van der Waals surface area contributed by atoms with Gasteiger partial charge in [0.25, 0.3) is 8.53 Å². The van der Waals surface area contributed by atoms with Gasteiger partial charge in [0, 0.05) is 25.9 Å². The van der Waals surface area contributed by atoms with Crippen molar-refractivity contribution in [2.75, 3.05) is 52.9 Å². The third kappa shape index (κ3) is 14.0. The molecule has 0 aromatic rings. The number of nitrogens with one attached hydrogen (secondary N) is 1. The normalized spacial score (nSPS) is 23.8. The van der Waals surface area contributed by atoms with Crippen LogP contribution in [0.3, 0.4) is 0 Å². The van der Waals surface area contributed by atoms with Gasteiger partial charge in [-0.3, -0.25) is 9.59 Å². The van der Waals surface area contributed by atoms with Crippen molar-refractivity contribution >= 4 is 20.4 Å². The zero-order valence-corrected chi connectivity index (χ0v) is 26.3. The van der Waals surface area contributed by atoms with Crippen LogP contribution in [0.15, 0.2) is 0 Å². The molecule has 0 aromatic carbocycles. The van der Waals surface area contributed by atoms with Crippen molar-refractivity contribution < 1.29 is 42.3 Å². The van der Waals surface area contributed by atoms with Crippen LogP contribution in [0.25, 0.3) is 0 Å². The number of carbonyl (C=O) groups excluding carboxylic acids is 2. The lowest BCUT2D eigenvalue weighted by Gasteiger charge is -2.44. The molecule has 12 nitrogen and oxygen atoms in total. The van der Waals surface area contributed by atoms with Gasteiger partial charge in [-0.2, -0.15) is 5.26 Å². The minimum Gasteiger partial charge on any atom is -0.463 e. The first-order valence-corrected chi connectivity index (χ1v) is 15.2. The van der Waals surface area contributed by atoms with Gasteiger partial charge >= 0.3 is 5.97 Å². The molecular formula is C27H50N3O9P. The minimum absolute atomic E-state index is 0.0469. The topological polar surface area (TPSA) is 138 Å². The van der Waals surface area contributed by atoms with E-state index in [1.165, 1.54) is 13.8 Å². The number of nitriles is 1. The van der Waals surface area contributed by atoms with Gasteiger partial charge in [0.1, 0.15) is 6.61 Å². The van der Waals surface area contributed by atoms with E-state index in [9.17, 15) is 9.59 Å². The van der Waals surface area contributed by atoms with Crippen LogP contribution >= 0.6 is 8.53 Å². The SMILES string of the molecule is CC(=O)NC1[C@H](OCCOCCOCCOP(OCCC#N)N(C(C)C)C(C)C)OC(COC(C)=O)[C@H](C)[C@@H]1C. The maximum absolute atomic E-state index is 11.8. The predicted molar refractivity (Wildman–Crippen MR) is 150 cm³/mol. The first-order valence-electron chi connectivity index (χ1n) is 14.0. The molecule has 0 aliphatic carbocycles. The highest BCUT2D eigenvalue weighted by atomic mass is 31.2. The lowest BCUT2D eigenvalue weighted by atomic mass is 9.82. The van der Waals surface area contributed by atoms with Crippen molar-refractivity contribution in [3.05, 3.63) is 0 Å². The Kier molecular flexibility index (Phi) is 18.7. The highest BCUT2D eigenvalue weighted by Gasteiger charge is 2.43. The van der Waals surface area contributed by atoms with Crippen LogP contribution < -0.4 is 5.32 Å². The molecular weight excluding hydrogens is 541 g/mol. The molecule has 0 bridgehead atoms. The van der Waals surface area contributed by atoms with Gasteiger partial charge in [0.2, 0.25) is 5.91 Å². The van der Waals surface area contributed by atoms with Crippen LogP contribution in [-0.2, 0) is 42.3 Å². The zero-order chi connectivity index (χ0) is 30.1. The van der Waals surface area contributed by atoms with Gasteiger partial charge in [0.15, 0.2) is 6.29 Å². The molecule has 3 unspecified atom stereocenters. The third-order valence-corrected chi connectivity index (χ3v) is 8.49. The van der Waals surface area contributed by atoms with Gasteiger partial charge in [-0.25, -0.2) is 4.67 Å². The number of esters is 1. The molecule has 1 N–H and O–H groups in total. The largest absolute Gasteiger partial charge is 0.463 e. The minimum atomic E-state index is -1.29.